The van der Waals surface area contributed by atoms with Crippen LogP contribution in [0.15, 0.2) is 125 Å². The van der Waals surface area contributed by atoms with Gasteiger partial charge in [-0.05, 0) is 53.6 Å². The van der Waals surface area contributed by atoms with Gasteiger partial charge in [0, 0.05) is 71.9 Å². The van der Waals surface area contributed by atoms with Crippen LogP contribution in [0.5, 0.6) is 0 Å². The van der Waals surface area contributed by atoms with Gasteiger partial charge < -0.3 is 31.1 Å². The molecule has 2 amide bonds. The summed E-state index contributed by atoms with van der Waals surface area (Å²) in [7, 11) is 0. The van der Waals surface area contributed by atoms with E-state index in [1.165, 1.54) is 28.2 Å². The van der Waals surface area contributed by atoms with E-state index < -0.39 is 0 Å². The second kappa shape index (κ2) is 17.2. The third kappa shape index (κ3) is 8.30. The topological polar surface area (TPSA) is 115 Å². The van der Waals surface area contributed by atoms with E-state index in [2.05, 4.69) is 91.1 Å². The lowest BCUT2D eigenvalue weighted by molar-refractivity contribution is 0.101. The lowest BCUT2D eigenvalue weighted by Gasteiger charge is -2.36. The Hall–Kier alpha value is -5.35. The van der Waals surface area contributed by atoms with E-state index in [4.69, 9.17) is 4.98 Å². The van der Waals surface area contributed by atoms with E-state index in [-0.39, 0.29) is 17.9 Å². The third-order valence-corrected chi connectivity index (χ3v) is 13.7. The fraction of sp³-hybridized carbons (Fsp3) is 0.182. The molecule has 1 atom stereocenters. The van der Waals surface area contributed by atoms with Crippen molar-refractivity contribution in [3.8, 4) is 30.9 Å². The van der Waals surface area contributed by atoms with Gasteiger partial charge in [-0.15, -0.1) is 46.6 Å². The fourth-order valence-corrected chi connectivity index (χ4v) is 10.4. The SMILES string of the molecule is O=C(Nc1ccccc1N1CCNC(c2cc(-c3nc(C(=O)Nc4ccccc4N4CCNCC4)cs3)sc2-c2ccccc2)C1)c1csc(-c2ccc(S)cc2)n1. The Morgan fingerprint density at radius 1 is 0.672 bits per heavy atom. The van der Waals surface area contributed by atoms with Crippen LogP contribution in [0.2, 0.25) is 0 Å². The Morgan fingerprint density at radius 3 is 1.95 bits per heavy atom. The zero-order chi connectivity index (χ0) is 39.4. The quantitative estimate of drug-likeness (QED) is 0.0868. The molecule has 10 nitrogen and oxygen atoms in total. The van der Waals surface area contributed by atoms with Crippen molar-refractivity contribution in [2.24, 2.45) is 0 Å². The second-order valence-electron chi connectivity index (χ2n) is 14.0. The molecule has 0 aliphatic carbocycles. The van der Waals surface area contributed by atoms with E-state index in [1.54, 1.807) is 16.7 Å². The summed E-state index contributed by atoms with van der Waals surface area (Å²) in [5, 5.41) is 18.7. The van der Waals surface area contributed by atoms with Gasteiger partial charge in [-0.3, -0.25) is 9.59 Å². The highest BCUT2D eigenvalue weighted by Gasteiger charge is 2.28. The van der Waals surface area contributed by atoms with Gasteiger partial charge in [0.15, 0.2) is 0 Å². The summed E-state index contributed by atoms with van der Waals surface area (Å²) in [6.45, 7) is 5.80. The number of piperazine rings is 2. The van der Waals surface area contributed by atoms with E-state index in [1.807, 2.05) is 72.1 Å². The Kier molecular flexibility index (Phi) is 11.4. The number of para-hydroxylation sites is 4. The minimum absolute atomic E-state index is 0.00771. The molecule has 1 unspecified atom stereocenters. The number of rotatable bonds is 10. The first-order valence-corrected chi connectivity index (χ1v) is 22.1. The molecule has 3 aromatic heterocycles. The number of aromatic nitrogens is 2. The van der Waals surface area contributed by atoms with E-state index in [0.29, 0.717) is 17.9 Å². The Balaban J connectivity index is 0.946. The number of hydrogen-bond donors (Lipinski definition) is 5. The summed E-state index contributed by atoms with van der Waals surface area (Å²) >= 11 is 9.01. The number of nitrogens with zero attached hydrogens (tertiary/aromatic N) is 4. The molecule has 9 rings (SSSR count). The maximum absolute atomic E-state index is 13.6. The fourth-order valence-electron chi connectivity index (χ4n) is 7.36. The first-order valence-electron chi connectivity index (χ1n) is 19.1. The molecule has 14 heteroatoms. The molecular formula is C44H40N8O2S4. The number of carbonyl (C=O) groups excluding carboxylic acids is 2. The lowest BCUT2D eigenvalue weighted by Crippen LogP contribution is -2.46. The average molecular weight is 841 g/mol. The van der Waals surface area contributed by atoms with Gasteiger partial charge in [-0.2, -0.15) is 0 Å². The number of thiophene rings is 1. The molecule has 2 fully saturated rings. The van der Waals surface area contributed by atoms with Crippen LogP contribution in [0.3, 0.4) is 0 Å². The number of benzene rings is 4. The molecular weight excluding hydrogens is 801 g/mol. The van der Waals surface area contributed by atoms with E-state index in [0.717, 1.165) is 97.8 Å². The van der Waals surface area contributed by atoms with Crippen molar-refractivity contribution in [3.63, 3.8) is 0 Å². The predicted molar refractivity (Wildman–Crippen MR) is 242 cm³/mol. The monoisotopic (exact) mass is 840 g/mol. The smallest absolute Gasteiger partial charge is 0.275 e. The van der Waals surface area contributed by atoms with E-state index in [9.17, 15) is 9.59 Å². The first kappa shape index (κ1) is 38.2. The van der Waals surface area contributed by atoms with Crippen LogP contribution in [-0.2, 0) is 0 Å². The minimum Gasteiger partial charge on any atom is -0.367 e. The highest BCUT2D eigenvalue weighted by molar-refractivity contribution is 7.80. The number of thiol groups is 1. The van der Waals surface area contributed by atoms with Crippen LogP contribution in [0.1, 0.15) is 32.6 Å². The number of amides is 2. The normalized spacial score (nSPS) is 15.6. The minimum atomic E-state index is -0.249. The van der Waals surface area contributed by atoms with Crippen molar-refractivity contribution in [1.29, 1.82) is 0 Å². The predicted octanol–water partition coefficient (Wildman–Crippen LogP) is 9.02. The maximum Gasteiger partial charge on any atom is 0.275 e. The summed E-state index contributed by atoms with van der Waals surface area (Å²) in [6, 6.07) is 36.3. The Morgan fingerprint density at radius 2 is 1.26 bits per heavy atom. The van der Waals surface area contributed by atoms with Crippen molar-refractivity contribution >= 4 is 81.2 Å². The summed E-state index contributed by atoms with van der Waals surface area (Å²) in [6.07, 6.45) is 0. The van der Waals surface area contributed by atoms with Crippen molar-refractivity contribution in [2.45, 2.75) is 10.9 Å². The number of anilines is 4. The molecule has 2 saturated heterocycles. The third-order valence-electron chi connectivity index (χ3n) is 10.2. The van der Waals surface area contributed by atoms with Crippen molar-refractivity contribution in [3.05, 3.63) is 137 Å². The van der Waals surface area contributed by atoms with Gasteiger partial charge in [-0.1, -0.05) is 66.7 Å². The van der Waals surface area contributed by atoms with Crippen molar-refractivity contribution in [1.82, 2.24) is 20.6 Å². The molecule has 4 N–H and O–H groups in total. The molecule has 0 saturated carbocycles. The summed E-state index contributed by atoms with van der Waals surface area (Å²) in [5.41, 5.74) is 7.52. The average Bonchev–Trinajstić information content (AvgIpc) is 4.07. The second-order valence-corrected chi connectivity index (χ2v) is 17.3. The van der Waals surface area contributed by atoms with Crippen LogP contribution in [0.4, 0.5) is 22.7 Å². The van der Waals surface area contributed by atoms with Crippen molar-refractivity contribution < 1.29 is 9.59 Å². The summed E-state index contributed by atoms with van der Waals surface area (Å²) < 4.78 is 0. The molecule has 2 aliphatic heterocycles. The van der Waals surface area contributed by atoms with E-state index >= 15 is 0 Å². The number of carbonyl (C=O) groups is 2. The highest BCUT2D eigenvalue weighted by atomic mass is 32.1. The molecule has 4 aromatic carbocycles. The molecule has 0 radical (unpaired) electrons. The van der Waals surface area contributed by atoms with Gasteiger partial charge in [0.2, 0.25) is 0 Å². The van der Waals surface area contributed by atoms with Gasteiger partial charge in [0.25, 0.3) is 11.8 Å². The molecule has 0 spiro atoms. The molecule has 2 aliphatic rings. The van der Waals surface area contributed by atoms with Crippen LogP contribution in [0.25, 0.3) is 30.9 Å². The van der Waals surface area contributed by atoms with Crippen LogP contribution in [0, 0.1) is 0 Å². The largest absolute Gasteiger partial charge is 0.367 e. The zero-order valence-electron chi connectivity index (χ0n) is 31.4. The Labute approximate surface area is 354 Å². The van der Waals surface area contributed by atoms with Crippen LogP contribution >= 0.6 is 46.6 Å². The van der Waals surface area contributed by atoms with Crippen molar-refractivity contribution in [2.75, 3.05) is 66.2 Å². The summed E-state index contributed by atoms with van der Waals surface area (Å²) in [5.74, 6) is -0.471. The highest BCUT2D eigenvalue weighted by Crippen LogP contribution is 2.43. The molecule has 292 valence electrons. The van der Waals surface area contributed by atoms with Gasteiger partial charge >= 0.3 is 0 Å². The zero-order valence-corrected chi connectivity index (χ0v) is 34.7. The molecule has 0 bridgehead atoms. The van der Waals surface area contributed by atoms with Gasteiger partial charge in [0.05, 0.1) is 33.7 Å². The maximum atomic E-state index is 13.6. The number of hydrogen-bond acceptors (Lipinski definition) is 12. The lowest BCUT2D eigenvalue weighted by atomic mass is 10.0. The number of thiazole rings is 2. The van der Waals surface area contributed by atoms with Gasteiger partial charge in [0.1, 0.15) is 21.4 Å². The Bertz CT molecular complexity index is 2550. The standard InChI is InChI=1S/C44H40N8O2S4/c53-41(35-26-56-43(49-35)29-14-16-30(55)17-15-29)48-33-11-5-7-13-38(33)52-23-20-46-34(25-52)31-24-39(58-40(31)28-8-2-1-3-9-28)44-50-36(27-57-44)42(54)47-32-10-4-6-12-37(32)51-21-18-45-19-22-51/h1-17,24,26-27,34,45-46,55H,18-23,25H2,(H,47,54)(H,48,53). The van der Waals surface area contributed by atoms with Gasteiger partial charge in [-0.25, -0.2) is 9.97 Å². The molecule has 58 heavy (non-hydrogen) atoms. The first-order chi connectivity index (χ1) is 28.5. The molecule has 7 aromatic rings. The summed E-state index contributed by atoms with van der Waals surface area (Å²) in [4.78, 5) is 44.4. The number of nitrogens with one attached hydrogen (secondary N) is 4. The van der Waals surface area contributed by atoms with Crippen LogP contribution < -0.4 is 31.1 Å². The molecule has 5 heterocycles. The van der Waals surface area contributed by atoms with Crippen LogP contribution in [-0.4, -0.2) is 67.6 Å².